The van der Waals surface area contributed by atoms with Gasteiger partial charge in [0.15, 0.2) is 11.5 Å². The maximum atomic E-state index is 13.0. The molecule has 0 bridgehead atoms. The fourth-order valence-electron chi connectivity index (χ4n) is 3.37. The highest BCUT2D eigenvalue weighted by atomic mass is 32.1. The Balaban J connectivity index is 1.81. The van der Waals surface area contributed by atoms with Crippen molar-refractivity contribution < 1.29 is 23.8 Å². The first-order valence-corrected chi connectivity index (χ1v) is 9.92. The predicted octanol–water partition coefficient (Wildman–Crippen LogP) is 3.41. The number of ether oxygens (including phenoxy) is 3. The number of methoxy groups -OCH3 is 3. The van der Waals surface area contributed by atoms with Crippen LogP contribution in [0.15, 0.2) is 29.6 Å². The maximum Gasteiger partial charge on any atom is 0.264 e. The second-order valence-electron chi connectivity index (χ2n) is 6.39. The molecule has 7 nitrogen and oxygen atoms in total. The molecule has 0 aliphatic carbocycles. The van der Waals surface area contributed by atoms with Gasteiger partial charge in [-0.3, -0.25) is 9.59 Å². The molecule has 1 aromatic carbocycles. The summed E-state index contributed by atoms with van der Waals surface area (Å²) in [5.74, 6) is 1.04. The Morgan fingerprint density at radius 2 is 1.82 bits per heavy atom. The first-order valence-electron chi connectivity index (χ1n) is 9.04. The second kappa shape index (κ2) is 8.97. The summed E-state index contributed by atoms with van der Waals surface area (Å²) in [6.45, 7) is 0.573. The second-order valence-corrected chi connectivity index (χ2v) is 7.34. The fraction of sp³-hybridized carbons (Fsp3) is 0.400. The molecule has 0 radical (unpaired) electrons. The summed E-state index contributed by atoms with van der Waals surface area (Å²) in [5, 5.41) is 4.76. The van der Waals surface area contributed by atoms with Gasteiger partial charge < -0.3 is 24.4 Å². The SMILES string of the molecule is COc1cc(NC(=O)[C@@H]2CCCCN2C(=O)c2cccs2)cc(OC)c1OC. The molecule has 1 N–H and O–H groups in total. The monoisotopic (exact) mass is 404 g/mol. The molecule has 1 fully saturated rings. The topological polar surface area (TPSA) is 77.1 Å². The van der Waals surface area contributed by atoms with Crippen LogP contribution < -0.4 is 19.5 Å². The average Bonchev–Trinajstić information content (AvgIpc) is 3.27. The van der Waals surface area contributed by atoms with Crippen LogP contribution in [0, 0.1) is 0 Å². The van der Waals surface area contributed by atoms with Crippen LogP contribution in [0.25, 0.3) is 0 Å². The van der Waals surface area contributed by atoms with E-state index < -0.39 is 6.04 Å². The molecule has 2 heterocycles. The largest absolute Gasteiger partial charge is 0.493 e. The van der Waals surface area contributed by atoms with E-state index in [2.05, 4.69) is 5.32 Å². The highest BCUT2D eigenvalue weighted by Gasteiger charge is 2.33. The lowest BCUT2D eigenvalue weighted by molar-refractivity contribution is -0.121. The molecular formula is C20H24N2O5S. The summed E-state index contributed by atoms with van der Waals surface area (Å²) in [7, 11) is 4.56. The number of anilines is 1. The summed E-state index contributed by atoms with van der Waals surface area (Å²) < 4.78 is 16.0. The Kier molecular flexibility index (Phi) is 6.41. The zero-order valence-electron chi connectivity index (χ0n) is 16.2. The van der Waals surface area contributed by atoms with E-state index in [0.29, 0.717) is 40.8 Å². The predicted molar refractivity (Wildman–Crippen MR) is 108 cm³/mol. The van der Waals surface area contributed by atoms with Crippen molar-refractivity contribution in [2.24, 2.45) is 0 Å². The van der Waals surface area contributed by atoms with Gasteiger partial charge in [-0.05, 0) is 30.7 Å². The van der Waals surface area contributed by atoms with Gasteiger partial charge in [-0.1, -0.05) is 6.07 Å². The van der Waals surface area contributed by atoms with Crippen molar-refractivity contribution in [1.82, 2.24) is 4.90 Å². The number of benzene rings is 1. The van der Waals surface area contributed by atoms with Crippen LogP contribution in [0.5, 0.6) is 17.2 Å². The lowest BCUT2D eigenvalue weighted by atomic mass is 10.0. The molecule has 2 amide bonds. The standard InChI is InChI=1S/C20H24N2O5S/c1-25-15-11-13(12-16(26-2)18(15)27-3)21-19(23)14-7-4-5-9-22(14)20(24)17-8-6-10-28-17/h6,8,10-12,14H,4-5,7,9H2,1-3H3,(H,21,23)/t14-/m0/s1. The number of amides is 2. The van der Waals surface area contributed by atoms with E-state index >= 15 is 0 Å². The van der Waals surface area contributed by atoms with Gasteiger partial charge in [0, 0.05) is 24.4 Å². The summed E-state index contributed by atoms with van der Waals surface area (Å²) in [6.07, 6.45) is 2.43. The third kappa shape index (κ3) is 4.06. The number of nitrogens with one attached hydrogen (secondary N) is 1. The van der Waals surface area contributed by atoms with Crippen molar-refractivity contribution >= 4 is 28.8 Å². The molecule has 1 saturated heterocycles. The fourth-order valence-corrected chi connectivity index (χ4v) is 4.05. The highest BCUT2D eigenvalue weighted by Crippen LogP contribution is 2.40. The van der Waals surface area contributed by atoms with E-state index in [1.54, 1.807) is 23.1 Å². The van der Waals surface area contributed by atoms with Crippen molar-refractivity contribution in [3.8, 4) is 17.2 Å². The van der Waals surface area contributed by atoms with E-state index in [4.69, 9.17) is 14.2 Å². The van der Waals surface area contributed by atoms with Gasteiger partial charge in [0.05, 0.1) is 26.2 Å². The minimum atomic E-state index is -0.512. The van der Waals surface area contributed by atoms with Gasteiger partial charge in [0.25, 0.3) is 5.91 Å². The number of rotatable bonds is 6. The van der Waals surface area contributed by atoms with Crippen molar-refractivity contribution in [1.29, 1.82) is 0 Å². The molecule has 2 aromatic rings. The molecule has 28 heavy (non-hydrogen) atoms. The van der Waals surface area contributed by atoms with E-state index in [0.717, 1.165) is 12.8 Å². The number of hydrogen-bond acceptors (Lipinski definition) is 6. The van der Waals surface area contributed by atoms with Gasteiger partial charge in [-0.25, -0.2) is 0 Å². The van der Waals surface area contributed by atoms with Crippen LogP contribution in [0.2, 0.25) is 0 Å². The lowest BCUT2D eigenvalue weighted by Gasteiger charge is -2.34. The van der Waals surface area contributed by atoms with Gasteiger partial charge in [0.1, 0.15) is 6.04 Å². The number of thiophene rings is 1. The number of piperidine rings is 1. The minimum Gasteiger partial charge on any atom is -0.493 e. The highest BCUT2D eigenvalue weighted by molar-refractivity contribution is 7.12. The molecule has 3 rings (SSSR count). The van der Waals surface area contributed by atoms with Crippen LogP contribution in [0.4, 0.5) is 5.69 Å². The molecule has 1 aromatic heterocycles. The summed E-state index contributed by atoms with van der Waals surface area (Å²) in [5.41, 5.74) is 0.522. The Bertz CT molecular complexity index is 812. The Labute approximate surface area is 168 Å². The Hall–Kier alpha value is -2.74. The smallest absolute Gasteiger partial charge is 0.264 e. The van der Waals surface area contributed by atoms with Crippen LogP contribution >= 0.6 is 11.3 Å². The van der Waals surface area contributed by atoms with E-state index in [1.165, 1.54) is 32.7 Å². The molecule has 1 aliphatic heterocycles. The van der Waals surface area contributed by atoms with E-state index in [-0.39, 0.29) is 11.8 Å². The third-order valence-corrected chi connectivity index (χ3v) is 5.59. The molecule has 0 unspecified atom stereocenters. The molecule has 8 heteroatoms. The number of nitrogens with zero attached hydrogens (tertiary/aromatic N) is 1. The molecule has 1 atom stereocenters. The summed E-state index contributed by atoms with van der Waals surface area (Å²) >= 11 is 1.39. The molecule has 1 aliphatic rings. The number of likely N-dealkylation sites (tertiary alicyclic amines) is 1. The minimum absolute atomic E-state index is 0.0975. The van der Waals surface area contributed by atoms with Crippen molar-refractivity contribution in [3.05, 3.63) is 34.5 Å². The van der Waals surface area contributed by atoms with Crippen LogP contribution in [-0.2, 0) is 4.79 Å². The first kappa shape index (κ1) is 20.0. The molecule has 0 saturated carbocycles. The third-order valence-electron chi connectivity index (χ3n) is 4.73. The average molecular weight is 404 g/mol. The molecular weight excluding hydrogens is 380 g/mol. The summed E-state index contributed by atoms with van der Waals surface area (Å²) in [6, 6.07) is 6.46. The summed E-state index contributed by atoms with van der Waals surface area (Å²) in [4.78, 5) is 28.1. The Morgan fingerprint density at radius 3 is 2.39 bits per heavy atom. The Morgan fingerprint density at radius 1 is 1.11 bits per heavy atom. The quantitative estimate of drug-likeness (QED) is 0.798. The van der Waals surface area contributed by atoms with Crippen LogP contribution in [0.3, 0.4) is 0 Å². The van der Waals surface area contributed by atoms with Crippen LogP contribution in [-0.4, -0.2) is 50.6 Å². The van der Waals surface area contributed by atoms with E-state index in [9.17, 15) is 9.59 Å². The zero-order chi connectivity index (χ0) is 20.1. The first-order chi connectivity index (χ1) is 13.6. The van der Waals surface area contributed by atoms with Crippen molar-refractivity contribution in [2.45, 2.75) is 25.3 Å². The normalized spacial score (nSPS) is 16.4. The maximum absolute atomic E-state index is 13.0. The van der Waals surface area contributed by atoms with Crippen LogP contribution in [0.1, 0.15) is 28.9 Å². The van der Waals surface area contributed by atoms with Crippen molar-refractivity contribution in [3.63, 3.8) is 0 Å². The van der Waals surface area contributed by atoms with Crippen molar-refractivity contribution in [2.75, 3.05) is 33.2 Å². The van der Waals surface area contributed by atoms with Gasteiger partial charge in [-0.15, -0.1) is 11.3 Å². The van der Waals surface area contributed by atoms with Gasteiger partial charge >= 0.3 is 0 Å². The van der Waals surface area contributed by atoms with Gasteiger partial charge in [-0.2, -0.15) is 0 Å². The zero-order valence-corrected chi connectivity index (χ0v) is 17.0. The molecule has 0 spiro atoms. The number of carbonyl (C=O) groups excluding carboxylic acids is 2. The number of carbonyl (C=O) groups is 2. The lowest BCUT2D eigenvalue weighted by Crippen LogP contribution is -2.49. The molecule has 150 valence electrons. The number of hydrogen-bond donors (Lipinski definition) is 1. The van der Waals surface area contributed by atoms with E-state index in [1.807, 2.05) is 11.4 Å². The van der Waals surface area contributed by atoms with Gasteiger partial charge in [0.2, 0.25) is 11.7 Å².